The minimum Gasteiger partial charge on any atom is -0.325 e. The Labute approximate surface area is 201 Å². The van der Waals surface area contributed by atoms with E-state index < -0.39 is 11.7 Å². The molecule has 0 saturated carbocycles. The lowest BCUT2D eigenvalue weighted by Gasteiger charge is -2.32. The fourth-order valence-electron chi connectivity index (χ4n) is 4.53. The highest BCUT2D eigenvalue weighted by Crippen LogP contribution is 2.43. The van der Waals surface area contributed by atoms with Crippen LogP contribution in [0.1, 0.15) is 35.6 Å². The maximum absolute atomic E-state index is 12.8. The van der Waals surface area contributed by atoms with Crippen molar-refractivity contribution in [1.29, 1.82) is 0 Å². The van der Waals surface area contributed by atoms with Crippen LogP contribution in [-0.4, -0.2) is 35.6 Å². The summed E-state index contributed by atoms with van der Waals surface area (Å²) in [5, 5.41) is 7.56. The third-order valence-electron chi connectivity index (χ3n) is 6.06. The Hall–Kier alpha value is -2.87. The molecule has 0 aromatic heterocycles. The number of benzene rings is 3. The first-order valence-corrected chi connectivity index (χ1v) is 11.4. The molecule has 3 aromatic rings. The van der Waals surface area contributed by atoms with Crippen LogP contribution in [0.2, 0.25) is 5.02 Å². The number of carbonyl (C=O) groups excluding carboxylic acids is 1. The molecule has 1 aliphatic rings. The topological polar surface area (TPSA) is 35.6 Å². The molecule has 4 rings (SSSR count). The van der Waals surface area contributed by atoms with Crippen LogP contribution in [0.25, 0.3) is 0 Å². The predicted octanol–water partition coefficient (Wildman–Crippen LogP) is 6.37. The lowest BCUT2D eigenvalue weighted by molar-refractivity contribution is -0.137. The number of carbonyl (C=O) groups is 1. The second-order valence-electron chi connectivity index (χ2n) is 8.24. The summed E-state index contributed by atoms with van der Waals surface area (Å²) < 4.78 is 38.4. The number of hydrazine groups is 1. The number of anilines is 1. The van der Waals surface area contributed by atoms with E-state index in [1.165, 1.54) is 17.7 Å². The molecule has 1 aliphatic heterocycles. The van der Waals surface area contributed by atoms with Gasteiger partial charge in [-0.3, -0.25) is 4.79 Å². The summed E-state index contributed by atoms with van der Waals surface area (Å²) in [6.45, 7) is 3.44. The van der Waals surface area contributed by atoms with Crippen molar-refractivity contribution in [2.24, 2.45) is 0 Å². The average molecular weight is 488 g/mol. The van der Waals surface area contributed by atoms with Gasteiger partial charge in [0.15, 0.2) is 0 Å². The molecule has 0 spiro atoms. The number of hydrogen-bond acceptors (Lipinski definition) is 3. The number of halogens is 4. The minimum atomic E-state index is -4.41. The molecular weight excluding hydrogens is 463 g/mol. The molecule has 3 aromatic carbocycles. The summed E-state index contributed by atoms with van der Waals surface area (Å²) >= 11 is 6.11. The molecule has 8 heteroatoms. The third kappa shape index (κ3) is 5.43. The van der Waals surface area contributed by atoms with Gasteiger partial charge in [0.1, 0.15) is 0 Å². The van der Waals surface area contributed by atoms with Crippen LogP contribution in [0, 0.1) is 0 Å². The van der Waals surface area contributed by atoms with Gasteiger partial charge in [-0.2, -0.15) is 13.2 Å². The number of nitrogens with one attached hydrogen (secondary N) is 1. The van der Waals surface area contributed by atoms with Gasteiger partial charge in [-0.15, -0.1) is 0 Å². The van der Waals surface area contributed by atoms with Crippen LogP contribution in [-0.2, 0) is 11.0 Å². The van der Waals surface area contributed by atoms with Gasteiger partial charge in [0.2, 0.25) is 5.91 Å². The van der Waals surface area contributed by atoms with Gasteiger partial charge in [0, 0.05) is 29.7 Å². The molecule has 1 fully saturated rings. The van der Waals surface area contributed by atoms with E-state index in [1.807, 2.05) is 54.4 Å². The summed E-state index contributed by atoms with van der Waals surface area (Å²) in [6.07, 6.45) is -4.41. The first-order chi connectivity index (χ1) is 16.3. The molecule has 1 heterocycles. The Bertz CT molecular complexity index is 1100. The van der Waals surface area contributed by atoms with E-state index in [0.717, 1.165) is 17.7 Å². The molecule has 0 bridgehead atoms. The molecule has 0 radical (unpaired) electrons. The Balaban J connectivity index is 1.54. The minimum absolute atomic E-state index is 0.0172. The number of amides is 1. The van der Waals surface area contributed by atoms with E-state index in [1.54, 1.807) is 0 Å². The summed E-state index contributed by atoms with van der Waals surface area (Å²) in [7, 11) is 0. The molecule has 2 atom stereocenters. The van der Waals surface area contributed by atoms with Gasteiger partial charge < -0.3 is 5.32 Å². The van der Waals surface area contributed by atoms with Gasteiger partial charge >= 0.3 is 6.18 Å². The smallest absolute Gasteiger partial charge is 0.325 e. The second-order valence-corrected chi connectivity index (χ2v) is 8.68. The Morgan fingerprint density at radius 2 is 1.62 bits per heavy atom. The molecule has 34 heavy (non-hydrogen) atoms. The molecule has 0 aliphatic carbocycles. The van der Waals surface area contributed by atoms with Crippen LogP contribution in [0.15, 0.2) is 78.9 Å². The Kier molecular flexibility index (Phi) is 7.26. The second kappa shape index (κ2) is 10.2. The van der Waals surface area contributed by atoms with Crippen molar-refractivity contribution in [1.82, 2.24) is 10.0 Å². The van der Waals surface area contributed by atoms with Gasteiger partial charge in [-0.05, 0) is 47.5 Å². The number of alkyl halides is 3. The Morgan fingerprint density at radius 3 is 2.21 bits per heavy atom. The highest BCUT2D eigenvalue weighted by molar-refractivity contribution is 6.30. The quantitative estimate of drug-likeness (QED) is 0.438. The largest absolute Gasteiger partial charge is 0.416 e. The molecule has 1 N–H and O–H groups in total. The lowest BCUT2D eigenvalue weighted by Crippen LogP contribution is -2.42. The van der Waals surface area contributed by atoms with Crippen molar-refractivity contribution in [2.75, 3.05) is 25.0 Å². The fraction of sp³-hybridized carbons (Fsp3) is 0.269. The molecule has 1 saturated heterocycles. The van der Waals surface area contributed by atoms with E-state index in [0.29, 0.717) is 23.8 Å². The average Bonchev–Trinajstić information content (AvgIpc) is 3.17. The zero-order valence-electron chi connectivity index (χ0n) is 18.6. The number of rotatable bonds is 6. The SMILES string of the molecule is CCN1C(c2ccc(Cl)cc2)C(c2ccccc2)CN1CC(=O)Nc1ccc(C(F)(F)F)cc1. The maximum Gasteiger partial charge on any atom is 0.416 e. The van der Waals surface area contributed by atoms with Gasteiger partial charge in [0.25, 0.3) is 0 Å². The highest BCUT2D eigenvalue weighted by atomic mass is 35.5. The zero-order chi connectivity index (χ0) is 24.3. The van der Waals surface area contributed by atoms with Crippen molar-refractivity contribution in [2.45, 2.75) is 25.1 Å². The van der Waals surface area contributed by atoms with Crippen LogP contribution in [0.3, 0.4) is 0 Å². The standard InChI is InChI=1S/C26H25ClF3N3O/c1-2-33-25(19-8-12-21(27)13-9-19)23(18-6-4-3-5-7-18)16-32(33)17-24(34)31-22-14-10-20(11-15-22)26(28,29)30/h3-15,23,25H,2,16-17H2,1H3,(H,31,34). The van der Waals surface area contributed by atoms with Gasteiger partial charge in [0.05, 0.1) is 18.2 Å². The number of nitrogens with zero attached hydrogens (tertiary/aromatic N) is 2. The summed E-state index contributed by atoms with van der Waals surface area (Å²) in [5.41, 5.74) is 1.85. The first-order valence-electron chi connectivity index (χ1n) is 11.0. The van der Waals surface area contributed by atoms with E-state index >= 15 is 0 Å². The third-order valence-corrected chi connectivity index (χ3v) is 6.31. The summed E-state index contributed by atoms with van der Waals surface area (Å²) in [5.74, 6) is -0.164. The van der Waals surface area contributed by atoms with Crippen molar-refractivity contribution >= 4 is 23.2 Å². The van der Waals surface area contributed by atoms with Crippen LogP contribution in [0.4, 0.5) is 18.9 Å². The van der Waals surface area contributed by atoms with E-state index in [4.69, 9.17) is 11.6 Å². The van der Waals surface area contributed by atoms with Crippen molar-refractivity contribution in [3.8, 4) is 0 Å². The molecule has 2 unspecified atom stereocenters. The lowest BCUT2D eigenvalue weighted by atomic mass is 9.88. The van der Waals surface area contributed by atoms with Crippen LogP contribution < -0.4 is 5.32 Å². The molecule has 4 nitrogen and oxygen atoms in total. The normalized spacial score (nSPS) is 19.3. The van der Waals surface area contributed by atoms with E-state index in [9.17, 15) is 18.0 Å². The monoisotopic (exact) mass is 487 g/mol. The van der Waals surface area contributed by atoms with E-state index in [-0.39, 0.29) is 24.4 Å². The van der Waals surface area contributed by atoms with Crippen molar-refractivity contribution in [3.05, 3.63) is 101 Å². The van der Waals surface area contributed by atoms with Crippen molar-refractivity contribution < 1.29 is 18.0 Å². The molecule has 178 valence electrons. The fourth-order valence-corrected chi connectivity index (χ4v) is 4.65. The van der Waals surface area contributed by atoms with Gasteiger partial charge in [-0.25, -0.2) is 10.0 Å². The number of likely N-dealkylation sites (N-methyl/N-ethyl adjacent to an activating group) is 1. The first kappa shape index (κ1) is 24.3. The zero-order valence-corrected chi connectivity index (χ0v) is 19.4. The van der Waals surface area contributed by atoms with E-state index in [2.05, 4.69) is 22.5 Å². The summed E-state index contributed by atoms with van der Waals surface area (Å²) in [6, 6.07) is 22.4. The molecule has 1 amide bonds. The summed E-state index contributed by atoms with van der Waals surface area (Å²) in [4.78, 5) is 12.8. The molecular formula is C26H25ClF3N3O. The Morgan fingerprint density at radius 1 is 0.971 bits per heavy atom. The van der Waals surface area contributed by atoms with Crippen LogP contribution >= 0.6 is 11.6 Å². The maximum atomic E-state index is 12.8. The predicted molar refractivity (Wildman–Crippen MR) is 127 cm³/mol. The highest BCUT2D eigenvalue weighted by Gasteiger charge is 2.41. The van der Waals surface area contributed by atoms with Gasteiger partial charge in [-0.1, -0.05) is 61.0 Å². The van der Waals surface area contributed by atoms with Crippen molar-refractivity contribution in [3.63, 3.8) is 0 Å². The van der Waals surface area contributed by atoms with Crippen LogP contribution in [0.5, 0.6) is 0 Å². The number of hydrogen-bond donors (Lipinski definition) is 1.